The number of alkyl halides is 4. The molecule has 2 aliphatic rings. The van der Waals surface area contributed by atoms with E-state index >= 15 is 0 Å². The number of aliphatic hydroxyl groups is 6. The predicted octanol–water partition coefficient (Wildman–Crippen LogP) is -0.195. The van der Waals surface area contributed by atoms with Crippen molar-refractivity contribution in [2.45, 2.75) is 44.1 Å². The van der Waals surface area contributed by atoms with Crippen molar-refractivity contribution in [3.8, 4) is 0 Å². The van der Waals surface area contributed by atoms with E-state index in [1.807, 2.05) is 24.1 Å². The molecule has 2 saturated heterocycles. The number of nitrogens with one attached hydrogen (secondary N) is 1. The number of likely N-dealkylation sites (tertiary alicyclic amines) is 1. The number of hydrogen-bond donors (Lipinski definition) is 7. The van der Waals surface area contributed by atoms with E-state index in [2.05, 4.69) is 5.32 Å². The molecule has 0 bridgehead atoms. The van der Waals surface area contributed by atoms with Crippen molar-refractivity contribution < 1.29 is 49.2 Å². The average molecular weight is 571 g/mol. The van der Waals surface area contributed by atoms with Crippen molar-refractivity contribution in [1.29, 1.82) is 0 Å². The van der Waals surface area contributed by atoms with Crippen molar-refractivity contribution in [2.75, 3.05) is 56.7 Å². The fourth-order valence-corrected chi connectivity index (χ4v) is 2.60. The molecule has 0 saturated carbocycles. The van der Waals surface area contributed by atoms with Crippen LogP contribution in [0.3, 0.4) is 0 Å². The topological polar surface area (TPSA) is 137 Å². The minimum Gasteiger partial charge on any atom is -0.389 e. The maximum atomic E-state index is 8.88. The van der Waals surface area contributed by atoms with Crippen LogP contribution in [0.2, 0.25) is 0 Å². The van der Waals surface area contributed by atoms with Gasteiger partial charge in [0.15, 0.2) is 0 Å². The normalized spacial score (nSPS) is 26.7. The van der Waals surface area contributed by atoms with Crippen molar-refractivity contribution in [3.63, 3.8) is 0 Å². The zero-order valence-corrected chi connectivity index (χ0v) is 21.3. The molecule has 189 valence electrons. The van der Waals surface area contributed by atoms with Gasteiger partial charge in [-0.15, -0.1) is 46.4 Å². The Morgan fingerprint density at radius 3 is 1.26 bits per heavy atom. The summed E-state index contributed by atoms with van der Waals surface area (Å²) >= 11 is 20.8. The third-order valence-electron chi connectivity index (χ3n) is 3.70. The quantitative estimate of drug-likeness (QED) is 0.178. The van der Waals surface area contributed by atoms with Crippen LogP contribution in [0.15, 0.2) is 12.2 Å². The van der Waals surface area contributed by atoms with E-state index in [4.69, 9.17) is 77.0 Å². The van der Waals surface area contributed by atoms with Gasteiger partial charge in [-0.2, -0.15) is 0 Å². The summed E-state index contributed by atoms with van der Waals surface area (Å²) in [5, 5.41) is 55.3. The predicted molar refractivity (Wildman–Crippen MR) is 125 cm³/mol. The number of rotatable bonds is 5. The summed E-state index contributed by atoms with van der Waals surface area (Å²) in [6.07, 6.45) is -0.299. The van der Waals surface area contributed by atoms with Crippen LogP contribution in [0, 0.1) is 0 Å². The van der Waals surface area contributed by atoms with E-state index in [-0.39, 0.29) is 37.7 Å². The average Bonchev–Trinajstić information content (AvgIpc) is 3.22. The Labute approximate surface area is 218 Å². The Kier molecular flexibility index (Phi) is 32.8. The van der Waals surface area contributed by atoms with Gasteiger partial charge in [-0.3, -0.25) is 0 Å². The number of hydrogen-bond acceptors (Lipinski definition) is 8. The number of allylic oxidation sites excluding steroid dienone is 2. The molecule has 0 unspecified atom stereocenters. The molecule has 7 N–H and O–H groups in total. The molecule has 0 aliphatic carbocycles. The number of β-amino-alcohol motifs (C(OH)–C–C–N with tert-alkyl or cyclic N) is 4. The second-order valence-corrected chi connectivity index (χ2v) is 7.61. The molecule has 0 aromatic carbocycles. The smallest absolute Gasteiger partial charge is 0.0945 e. The number of halogens is 4. The fourth-order valence-electron chi connectivity index (χ4n) is 1.94. The van der Waals surface area contributed by atoms with Crippen LogP contribution in [0.5, 0.6) is 0 Å². The van der Waals surface area contributed by atoms with Crippen molar-refractivity contribution in [2.24, 2.45) is 0 Å². The first-order valence-electron chi connectivity index (χ1n) is 9.00. The Balaban J connectivity index is -0.000000154. The maximum Gasteiger partial charge on any atom is 0.0945 e. The van der Waals surface area contributed by atoms with Crippen molar-refractivity contribution in [3.05, 3.63) is 12.2 Å². The van der Waals surface area contributed by atoms with E-state index in [0.29, 0.717) is 37.9 Å². The van der Waals surface area contributed by atoms with E-state index in [1.165, 1.54) is 0 Å². The number of nitrogens with zero attached hydrogens (tertiary/aromatic N) is 1. The van der Waals surface area contributed by atoms with Gasteiger partial charge >= 0.3 is 0 Å². The summed E-state index contributed by atoms with van der Waals surface area (Å²) in [5.74, 6) is 1.17. The second kappa shape index (κ2) is 25.8. The molecule has 8 nitrogen and oxygen atoms in total. The van der Waals surface area contributed by atoms with Crippen LogP contribution in [0.25, 0.3) is 0 Å². The summed E-state index contributed by atoms with van der Waals surface area (Å²) in [7, 11) is 1.87. The zero-order valence-electron chi connectivity index (χ0n) is 16.9. The molecule has 31 heavy (non-hydrogen) atoms. The van der Waals surface area contributed by atoms with Gasteiger partial charge in [0, 0.05) is 56.5 Å². The molecule has 0 spiro atoms. The van der Waals surface area contributed by atoms with Gasteiger partial charge in [-0.25, -0.2) is 0 Å². The zero-order chi connectivity index (χ0) is 22.8. The van der Waals surface area contributed by atoms with Gasteiger partial charge in [0.1, 0.15) is 0 Å². The summed E-state index contributed by atoms with van der Waals surface area (Å²) in [6, 6.07) is 0. The van der Waals surface area contributed by atoms with E-state index < -0.39 is 36.6 Å². The van der Waals surface area contributed by atoms with Crippen LogP contribution in [-0.2, 0) is 18.6 Å². The van der Waals surface area contributed by atoms with E-state index in [9.17, 15) is 0 Å². The van der Waals surface area contributed by atoms with Gasteiger partial charge in [0.05, 0.1) is 48.4 Å². The van der Waals surface area contributed by atoms with Gasteiger partial charge in [-0.05, 0) is 7.05 Å². The number of likely N-dealkylation sites (N-methyl/N-ethyl adjacent to an activating group) is 1. The van der Waals surface area contributed by atoms with Crippen LogP contribution in [0.1, 0.15) is 7.43 Å². The molecular formula is C18H38Cl4N2O6V. The van der Waals surface area contributed by atoms with Gasteiger partial charge in [0.2, 0.25) is 0 Å². The fraction of sp³-hybridized carbons (Fsp3) is 0.889. The van der Waals surface area contributed by atoms with Crippen molar-refractivity contribution in [1.82, 2.24) is 10.2 Å². The molecule has 1 radical (unpaired) electrons. The Hall–Kier alpha value is 1.16. The summed E-state index contributed by atoms with van der Waals surface area (Å²) < 4.78 is 0. The van der Waals surface area contributed by atoms with Crippen molar-refractivity contribution >= 4 is 46.4 Å². The number of aliphatic hydroxyl groups excluding tert-OH is 6. The standard InChI is InChI=1S/C5H11NO2.C4H8Cl2O2.C4H6Cl2.C4H9NO2.CH4.V/c1-6-2-4(7)5(8)3-6;5-1-3(7)4(8)2-6;5-3-1-2-4-6;6-3-1-5-2-4(3)7;;/h4-5,7-8H,2-3H2,1H3;3-4,7-8H,1-2H2;1-2H,3-4H2;3-7H,1-2H2;1H4;/b;;2-1-;;;/t4-,5+;3-,4+;;3-,4+;;. The third kappa shape index (κ3) is 22.7. The Morgan fingerprint density at radius 1 is 0.806 bits per heavy atom. The van der Waals surface area contributed by atoms with E-state index in [0.717, 1.165) is 0 Å². The van der Waals surface area contributed by atoms with Crippen LogP contribution < -0.4 is 5.32 Å². The summed E-state index contributed by atoms with van der Waals surface area (Å²) in [4.78, 5) is 1.90. The molecule has 2 fully saturated rings. The third-order valence-corrected chi connectivity index (χ3v) is 4.69. The van der Waals surface area contributed by atoms with Crippen LogP contribution >= 0.6 is 46.4 Å². The van der Waals surface area contributed by atoms with Gasteiger partial charge in [-0.1, -0.05) is 19.6 Å². The Bertz CT molecular complexity index is 372. The first-order chi connectivity index (χ1) is 13.6. The molecule has 6 atom stereocenters. The first kappa shape index (κ1) is 39.4. The minimum atomic E-state index is -0.894. The van der Waals surface area contributed by atoms with Gasteiger partial charge in [0.25, 0.3) is 0 Å². The second-order valence-electron chi connectivity index (χ2n) is 6.37. The molecule has 2 heterocycles. The molecule has 0 aromatic rings. The largest absolute Gasteiger partial charge is 0.389 e. The molecule has 0 aromatic heterocycles. The molecule has 2 rings (SSSR count). The maximum absolute atomic E-state index is 8.88. The Morgan fingerprint density at radius 2 is 1.13 bits per heavy atom. The van der Waals surface area contributed by atoms with Gasteiger partial charge < -0.3 is 40.9 Å². The van der Waals surface area contributed by atoms with E-state index in [1.54, 1.807) is 0 Å². The molecule has 2 aliphatic heterocycles. The van der Waals surface area contributed by atoms with Crippen LogP contribution in [-0.4, -0.2) is 129 Å². The minimum absolute atomic E-state index is 0. The molecular weight excluding hydrogens is 533 g/mol. The monoisotopic (exact) mass is 569 g/mol. The first-order valence-corrected chi connectivity index (χ1v) is 11.1. The summed E-state index contributed by atoms with van der Waals surface area (Å²) in [5.41, 5.74) is 0. The molecule has 13 heteroatoms. The van der Waals surface area contributed by atoms with Crippen LogP contribution in [0.4, 0.5) is 0 Å². The summed E-state index contributed by atoms with van der Waals surface area (Å²) in [6.45, 7) is 2.25. The molecule has 0 amide bonds. The SMILES string of the molecule is C.CN1C[C@@H](O)[C@@H](O)C1.ClC/C=C\CCl.O[C@@H]1CNC[C@@H]1O.O[C@H](CCl)[C@@H](O)CCl.[V].